The van der Waals surface area contributed by atoms with Crippen LogP contribution in [0.15, 0.2) is 42.5 Å². The maximum Gasteiger partial charge on any atom is 0.269 e. The van der Waals surface area contributed by atoms with Gasteiger partial charge in [-0.2, -0.15) is 0 Å². The number of rotatable bonds is 4. The normalized spacial score (nSPS) is 17.6. The molecule has 2 aromatic rings. The van der Waals surface area contributed by atoms with E-state index in [4.69, 9.17) is 11.6 Å². The topological polar surface area (TPSA) is 75.5 Å². The van der Waals surface area contributed by atoms with E-state index in [1.54, 1.807) is 11.0 Å². The molecular weight excluding hydrogens is 342 g/mol. The molecule has 3 rings (SSSR count). The van der Waals surface area contributed by atoms with Gasteiger partial charge in [0.15, 0.2) is 0 Å². The lowest BCUT2D eigenvalue weighted by molar-refractivity contribution is -0.384. The Labute approximate surface area is 150 Å². The number of nitrogens with zero attached hydrogens (tertiary/aromatic N) is 2. The minimum absolute atomic E-state index is 0.0587. The summed E-state index contributed by atoms with van der Waals surface area (Å²) in [4.78, 5) is 25.4. The second-order valence-corrected chi connectivity index (χ2v) is 6.43. The highest BCUT2D eigenvalue weighted by atomic mass is 35.5. The molecule has 6 nitrogen and oxygen atoms in total. The molecule has 0 fully saturated rings. The molecule has 0 spiro atoms. The first-order valence-corrected chi connectivity index (χ1v) is 8.44. The largest absolute Gasteiger partial charge is 0.361 e. The molecule has 1 aliphatic heterocycles. The Morgan fingerprint density at radius 1 is 1.32 bits per heavy atom. The number of amides is 1. The summed E-state index contributed by atoms with van der Waals surface area (Å²) in [5.74, 6) is -0.115. The third-order valence-electron chi connectivity index (χ3n) is 4.51. The Bertz CT molecular complexity index is 840. The molecule has 0 aliphatic carbocycles. The summed E-state index contributed by atoms with van der Waals surface area (Å²) in [6.07, 6.45) is 0.184. The monoisotopic (exact) mass is 359 g/mol. The number of para-hydroxylation sites is 1. The lowest BCUT2D eigenvalue weighted by atomic mass is 10.0. The molecule has 0 saturated heterocycles. The van der Waals surface area contributed by atoms with Crippen LogP contribution in [0.2, 0.25) is 5.02 Å². The van der Waals surface area contributed by atoms with Crippen molar-refractivity contribution in [1.82, 2.24) is 4.90 Å². The van der Waals surface area contributed by atoms with Crippen LogP contribution in [0.5, 0.6) is 0 Å². The molecule has 2 atom stereocenters. The Hall–Kier alpha value is -2.60. The van der Waals surface area contributed by atoms with Crippen molar-refractivity contribution in [2.75, 3.05) is 5.32 Å². The van der Waals surface area contributed by atoms with Gasteiger partial charge < -0.3 is 10.2 Å². The van der Waals surface area contributed by atoms with E-state index in [0.29, 0.717) is 21.8 Å². The van der Waals surface area contributed by atoms with Crippen LogP contribution in [-0.4, -0.2) is 21.8 Å². The summed E-state index contributed by atoms with van der Waals surface area (Å²) in [6.45, 7) is 3.94. The van der Waals surface area contributed by atoms with Crippen molar-refractivity contribution in [3.05, 3.63) is 68.7 Å². The Morgan fingerprint density at radius 3 is 2.72 bits per heavy atom. The zero-order valence-corrected chi connectivity index (χ0v) is 14.7. The molecule has 1 amide bonds. The molecule has 2 aromatic carbocycles. The van der Waals surface area contributed by atoms with Crippen LogP contribution in [0.4, 0.5) is 11.4 Å². The van der Waals surface area contributed by atoms with E-state index >= 15 is 0 Å². The first-order valence-electron chi connectivity index (χ1n) is 8.06. The van der Waals surface area contributed by atoms with Gasteiger partial charge in [0.2, 0.25) is 0 Å². The molecular formula is C18H18ClN3O3. The van der Waals surface area contributed by atoms with Gasteiger partial charge in [0.25, 0.3) is 11.6 Å². The number of nitro benzene ring substituents is 1. The van der Waals surface area contributed by atoms with Crippen molar-refractivity contribution in [3.63, 3.8) is 0 Å². The summed E-state index contributed by atoms with van der Waals surface area (Å²) in [5, 5.41) is 14.8. The van der Waals surface area contributed by atoms with Crippen molar-refractivity contribution in [1.29, 1.82) is 0 Å². The minimum atomic E-state index is -0.565. The maximum absolute atomic E-state index is 13.0. The second kappa shape index (κ2) is 6.72. The molecule has 0 aromatic heterocycles. The number of fused-ring (bicyclic) bond motifs is 1. The molecule has 7 heteroatoms. The van der Waals surface area contributed by atoms with Gasteiger partial charge in [0.1, 0.15) is 6.17 Å². The number of anilines is 1. The van der Waals surface area contributed by atoms with Crippen molar-refractivity contribution in [3.8, 4) is 0 Å². The summed E-state index contributed by atoms with van der Waals surface area (Å²) >= 11 is 6.32. The van der Waals surface area contributed by atoms with Gasteiger partial charge in [-0.15, -0.1) is 0 Å². The van der Waals surface area contributed by atoms with Gasteiger partial charge in [0.05, 0.1) is 10.5 Å². The fourth-order valence-electron chi connectivity index (χ4n) is 3.00. The quantitative estimate of drug-likeness (QED) is 0.638. The number of carbonyl (C=O) groups is 1. The molecule has 0 radical (unpaired) electrons. The van der Waals surface area contributed by atoms with Crippen molar-refractivity contribution >= 4 is 28.9 Å². The van der Waals surface area contributed by atoms with E-state index in [1.807, 2.05) is 32.0 Å². The SMILES string of the molecule is CC[C@@H](C)N1C(=O)c2ccccc2N[C@H]1c1cc([N+](=O)[O-])ccc1Cl. The summed E-state index contributed by atoms with van der Waals surface area (Å²) < 4.78 is 0. The van der Waals surface area contributed by atoms with Crippen molar-refractivity contribution in [2.24, 2.45) is 0 Å². The maximum atomic E-state index is 13.0. The highest BCUT2D eigenvalue weighted by molar-refractivity contribution is 6.31. The number of benzene rings is 2. The highest BCUT2D eigenvalue weighted by Crippen LogP contribution is 2.38. The average molecular weight is 360 g/mol. The van der Waals surface area contributed by atoms with E-state index < -0.39 is 11.1 Å². The smallest absolute Gasteiger partial charge is 0.269 e. The molecule has 25 heavy (non-hydrogen) atoms. The fraction of sp³-hybridized carbons (Fsp3) is 0.278. The van der Waals surface area contributed by atoms with Crippen LogP contribution in [-0.2, 0) is 0 Å². The minimum Gasteiger partial charge on any atom is -0.361 e. The fourth-order valence-corrected chi connectivity index (χ4v) is 3.22. The third kappa shape index (κ3) is 3.05. The number of nitrogens with one attached hydrogen (secondary N) is 1. The van der Waals surface area contributed by atoms with Crippen LogP contribution < -0.4 is 5.32 Å². The van der Waals surface area contributed by atoms with E-state index in [2.05, 4.69) is 5.32 Å². The van der Waals surface area contributed by atoms with Crippen LogP contribution in [0.25, 0.3) is 0 Å². The average Bonchev–Trinajstić information content (AvgIpc) is 2.61. The lowest BCUT2D eigenvalue weighted by Crippen LogP contribution is -2.47. The summed E-state index contributed by atoms with van der Waals surface area (Å²) in [5.41, 5.74) is 1.73. The first-order chi connectivity index (χ1) is 11.9. The van der Waals surface area contributed by atoms with Crippen LogP contribution >= 0.6 is 11.6 Å². The van der Waals surface area contributed by atoms with Gasteiger partial charge in [-0.1, -0.05) is 30.7 Å². The van der Waals surface area contributed by atoms with Crippen molar-refractivity contribution < 1.29 is 9.72 Å². The molecule has 0 unspecified atom stereocenters. The van der Waals surface area contributed by atoms with Gasteiger partial charge in [-0.25, -0.2) is 0 Å². The predicted octanol–water partition coefficient (Wildman–Crippen LogP) is 4.61. The predicted molar refractivity (Wildman–Crippen MR) is 96.8 cm³/mol. The van der Waals surface area contributed by atoms with E-state index in [9.17, 15) is 14.9 Å². The Morgan fingerprint density at radius 2 is 2.04 bits per heavy atom. The summed E-state index contributed by atoms with van der Waals surface area (Å²) in [7, 11) is 0. The zero-order valence-electron chi connectivity index (χ0n) is 13.9. The molecule has 0 bridgehead atoms. The van der Waals surface area contributed by atoms with E-state index in [1.165, 1.54) is 18.2 Å². The number of non-ortho nitro benzene ring substituents is 1. The van der Waals surface area contributed by atoms with Crippen LogP contribution in [0.1, 0.15) is 42.4 Å². The summed E-state index contributed by atoms with van der Waals surface area (Å²) in [6, 6.07) is 11.5. The molecule has 1 heterocycles. The number of nitro groups is 1. The van der Waals surface area contributed by atoms with Gasteiger partial charge in [-0.05, 0) is 31.5 Å². The van der Waals surface area contributed by atoms with Gasteiger partial charge in [-0.3, -0.25) is 14.9 Å². The number of halogens is 1. The zero-order chi connectivity index (χ0) is 18.1. The highest BCUT2D eigenvalue weighted by Gasteiger charge is 2.36. The standard InChI is InChI=1S/C18H18ClN3O3/c1-3-11(2)21-17(14-10-12(22(24)25)8-9-15(14)19)20-16-7-5-4-6-13(16)18(21)23/h4-11,17,20H,3H2,1-2H3/t11-,17-/m1/s1. The second-order valence-electron chi connectivity index (χ2n) is 6.03. The Balaban J connectivity index is 2.14. The van der Waals surface area contributed by atoms with Crippen molar-refractivity contribution in [2.45, 2.75) is 32.5 Å². The van der Waals surface area contributed by atoms with Crippen LogP contribution in [0.3, 0.4) is 0 Å². The molecule has 0 saturated carbocycles. The van der Waals surface area contributed by atoms with E-state index in [0.717, 1.165) is 6.42 Å². The number of hydrogen-bond donors (Lipinski definition) is 1. The van der Waals surface area contributed by atoms with Gasteiger partial charge in [0, 0.05) is 34.4 Å². The first kappa shape index (κ1) is 17.2. The molecule has 1 aliphatic rings. The molecule has 130 valence electrons. The van der Waals surface area contributed by atoms with Gasteiger partial charge >= 0.3 is 0 Å². The number of carbonyl (C=O) groups excluding carboxylic acids is 1. The van der Waals surface area contributed by atoms with E-state index in [-0.39, 0.29) is 17.6 Å². The molecule has 1 N–H and O–H groups in total. The third-order valence-corrected chi connectivity index (χ3v) is 4.86. The Kier molecular flexibility index (Phi) is 4.63. The number of hydrogen-bond acceptors (Lipinski definition) is 4. The van der Waals surface area contributed by atoms with Crippen LogP contribution in [0, 0.1) is 10.1 Å². The lowest BCUT2D eigenvalue weighted by Gasteiger charge is -2.41.